The van der Waals surface area contributed by atoms with Crippen molar-refractivity contribution in [2.24, 2.45) is 17.3 Å². The number of carbonyl (C=O) groups is 4. The van der Waals surface area contributed by atoms with Crippen LogP contribution in [0.1, 0.15) is 116 Å². The average molecular weight is 817 g/mol. The third-order valence-electron chi connectivity index (χ3n) is 12.2. The number of halogens is 2. The summed E-state index contributed by atoms with van der Waals surface area (Å²) >= 11 is 0. The lowest BCUT2D eigenvalue weighted by atomic mass is 9.87. The maximum atomic E-state index is 16.3. The number of hydrogen-bond acceptors (Lipinski definition) is 10. The quantitative estimate of drug-likeness (QED) is 0.370. The Kier molecular flexibility index (Phi) is 11.7. The molecule has 2 aliphatic carbocycles. The van der Waals surface area contributed by atoms with Gasteiger partial charge in [0, 0.05) is 13.0 Å². The number of nitrogens with zero attached hydrogens (tertiary/aromatic N) is 3. The number of rotatable bonds is 3. The topological polar surface area (TPSA) is 186 Å². The molecule has 5 atom stereocenters. The Labute approximate surface area is 332 Å². The van der Waals surface area contributed by atoms with Crippen LogP contribution < -0.4 is 20.1 Å². The van der Waals surface area contributed by atoms with Gasteiger partial charge in [0.1, 0.15) is 17.7 Å². The third kappa shape index (κ3) is 9.44. The van der Waals surface area contributed by atoms with Crippen molar-refractivity contribution in [3.05, 3.63) is 30.0 Å². The summed E-state index contributed by atoms with van der Waals surface area (Å²) in [6.45, 7) is 3.47. The Morgan fingerprint density at radius 1 is 0.895 bits per heavy atom. The molecule has 0 radical (unpaired) electrons. The summed E-state index contributed by atoms with van der Waals surface area (Å²) in [5, 5.41) is 4.97. The van der Waals surface area contributed by atoms with Gasteiger partial charge in [0.05, 0.1) is 35.4 Å². The van der Waals surface area contributed by atoms with Gasteiger partial charge in [-0.25, -0.2) is 23.2 Å². The highest BCUT2D eigenvalue weighted by Gasteiger charge is 2.62. The molecule has 4 fully saturated rings. The van der Waals surface area contributed by atoms with E-state index in [4.69, 9.17) is 9.47 Å². The van der Waals surface area contributed by atoms with E-state index in [0.29, 0.717) is 56.9 Å². The van der Waals surface area contributed by atoms with Crippen LogP contribution in [-0.2, 0) is 35.1 Å². The lowest BCUT2D eigenvalue weighted by Gasteiger charge is -2.27. The monoisotopic (exact) mass is 816 g/mol. The van der Waals surface area contributed by atoms with Crippen LogP contribution in [0.3, 0.4) is 0 Å². The van der Waals surface area contributed by atoms with E-state index in [2.05, 4.69) is 25.3 Å². The fourth-order valence-corrected chi connectivity index (χ4v) is 9.81. The van der Waals surface area contributed by atoms with Gasteiger partial charge in [-0.2, -0.15) is 8.78 Å². The second-order valence-electron chi connectivity index (χ2n) is 17.5. The van der Waals surface area contributed by atoms with Gasteiger partial charge in [0.25, 0.3) is 11.8 Å². The maximum Gasteiger partial charge on any atom is 0.407 e. The minimum atomic E-state index is -3.93. The highest BCUT2D eigenvalue weighted by Crippen LogP contribution is 2.48. The summed E-state index contributed by atoms with van der Waals surface area (Å²) in [5.41, 5.74) is -2.10. The van der Waals surface area contributed by atoms with Crippen LogP contribution in [0, 0.1) is 17.3 Å². The number of alkyl halides is 2. The summed E-state index contributed by atoms with van der Waals surface area (Å²) in [5.74, 6) is -7.45. The van der Waals surface area contributed by atoms with Gasteiger partial charge >= 0.3 is 6.09 Å². The fourth-order valence-electron chi connectivity index (χ4n) is 8.44. The first-order chi connectivity index (χ1) is 27.1. The summed E-state index contributed by atoms with van der Waals surface area (Å²) in [6, 6.07) is 5.54. The van der Waals surface area contributed by atoms with Gasteiger partial charge in [-0.1, -0.05) is 70.9 Å². The normalized spacial score (nSPS) is 30.3. The third-order valence-corrected chi connectivity index (χ3v) is 14.0. The highest BCUT2D eigenvalue weighted by atomic mass is 32.2. The van der Waals surface area contributed by atoms with E-state index in [0.717, 1.165) is 25.7 Å². The van der Waals surface area contributed by atoms with Gasteiger partial charge in [0.2, 0.25) is 27.7 Å². The fraction of sp³-hybridized carbons (Fsp3) is 0.700. The number of para-hydroxylation sites is 2. The van der Waals surface area contributed by atoms with E-state index < -0.39 is 92.0 Å². The van der Waals surface area contributed by atoms with Gasteiger partial charge in [-0.15, -0.1) is 0 Å². The summed E-state index contributed by atoms with van der Waals surface area (Å²) in [7, 11) is -3.93. The molecule has 2 saturated heterocycles. The number of cyclic esters (lactones) is 1. The molecule has 0 spiro atoms. The predicted octanol–water partition coefficient (Wildman–Crippen LogP) is 5.24. The molecule has 4 bridgehead atoms. The van der Waals surface area contributed by atoms with Crippen molar-refractivity contribution in [3.63, 3.8) is 0 Å². The zero-order valence-corrected chi connectivity index (χ0v) is 33.5. The summed E-state index contributed by atoms with van der Waals surface area (Å²) < 4.78 is 72.5. The first kappa shape index (κ1) is 41.0. The Morgan fingerprint density at radius 2 is 1.56 bits per heavy atom. The zero-order chi connectivity index (χ0) is 40.6. The van der Waals surface area contributed by atoms with Crippen molar-refractivity contribution < 1.29 is 45.9 Å². The van der Waals surface area contributed by atoms with Crippen LogP contribution in [0.4, 0.5) is 13.6 Å². The first-order valence-corrected chi connectivity index (χ1v) is 22.0. The molecule has 14 nitrogen and oxygen atoms in total. The molecular weight excluding hydrogens is 763 g/mol. The molecule has 312 valence electrons. The van der Waals surface area contributed by atoms with Crippen molar-refractivity contribution in [2.75, 3.05) is 19.7 Å². The molecule has 1 unspecified atom stereocenters. The molecule has 3 N–H and O–H groups in total. The predicted molar refractivity (Wildman–Crippen MR) is 204 cm³/mol. The molecule has 4 heterocycles. The molecule has 5 aliphatic rings. The Bertz CT molecular complexity index is 1980. The lowest BCUT2D eigenvalue weighted by molar-refractivity contribution is -0.134. The van der Waals surface area contributed by atoms with Gasteiger partial charge in [0.15, 0.2) is 5.69 Å². The number of ether oxygens (including phenoxy) is 2. The second-order valence-corrected chi connectivity index (χ2v) is 19.4. The largest absolute Gasteiger partial charge is 0.470 e. The van der Waals surface area contributed by atoms with E-state index in [-0.39, 0.29) is 44.0 Å². The van der Waals surface area contributed by atoms with Crippen LogP contribution in [-0.4, -0.2) is 89.7 Å². The number of benzene rings is 1. The number of carbonyl (C=O) groups excluding carboxylic acids is 4. The van der Waals surface area contributed by atoms with Crippen LogP contribution in [0.2, 0.25) is 0 Å². The minimum Gasteiger partial charge on any atom is -0.470 e. The van der Waals surface area contributed by atoms with E-state index in [1.54, 1.807) is 24.3 Å². The molecule has 17 heteroatoms. The number of hydrogen-bond donors (Lipinski definition) is 3. The molecule has 2 aromatic rings. The van der Waals surface area contributed by atoms with Crippen molar-refractivity contribution in [3.8, 4) is 5.88 Å². The van der Waals surface area contributed by atoms with Crippen LogP contribution in [0.25, 0.3) is 11.0 Å². The van der Waals surface area contributed by atoms with Gasteiger partial charge < -0.3 is 25.0 Å². The second kappa shape index (κ2) is 16.2. The van der Waals surface area contributed by atoms with Crippen LogP contribution >= 0.6 is 0 Å². The molecular formula is C40H54F2N6O8S. The van der Waals surface area contributed by atoms with E-state index >= 15 is 8.78 Å². The standard InChI is InChI=1S/C40H54F2N6O8S/c1-38(2)19-11-6-12-20-40(41,42)32-34(44-29-15-10-9-14-28(29)43-32)56-31-23-48-22-27(31)33(49)46-39(36(51)47-57(53,54)26-17-18-26)21-25(39)13-7-4-3-5-8-16-30(35(48)50)45-37(52)55-24-38/h9-10,14-15,25-27,30-31H,3-8,11-13,16-24H2,1-2H3,(H,45,52)(H,46,49)(H,47,51)/t25-,27?,30+,31+,39-/m1/s1. The lowest BCUT2D eigenvalue weighted by Crippen LogP contribution is -2.55. The Morgan fingerprint density at radius 3 is 2.30 bits per heavy atom. The number of alkyl carbamates (subject to hydrolysis) is 1. The van der Waals surface area contributed by atoms with E-state index in [1.807, 2.05) is 13.8 Å². The van der Waals surface area contributed by atoms with Crippen molar-refractivity contribution in [1.82, 2.24) is 30.2 Å². The average Bonchev–Trinajstić information content (AvgIpc) is 4.09. The van der Waals surface area contributed by atoms with Crippen molar-refractivity contribution in [1.29, 1.82) is 0 Å². The first-order valence-electron chi connectivity index (χ1n) is 20.5. The maximum absolute atomic E-state index is 16.3. The number of sulfonamides is 1. The minimum absolute atomic E-state index is 0.0616. The van der Waals surface area contributed by atoms with E-state index in [9.17, 15) is 27.6 Å². The molecule has 7 rings (SSSR count). The van der Waals surface area contributed by atoms with E-state index in [1.165, 1.54) is 4.90 Å². The molecule has 2 saturated carbocycles. The van der Waals surface area contributed by atoms with Gasteiger partial charge in [-0.3, -0.25) is 19.1 Å². The van der Waals surface area contributed by atoms with Crippen LogP contribution in [0.5, 0.6) is 5.88 Å². The number of fused-ring (bicyclic) bond motifs is 7. The zero-order valence-electron chi connectivity index (χ0n) is 32.7. The number of amides is 4. The van der Waals surface area contributed by atoms with Crippen molar-refractivity contribution >= 4 is 44.9 Å². The summed E-state index contributed by atoms with van der Waals surface area (Å²) in [4.78, 5) is 66.0. The van der Waals surface area contributed by atoms with Crippen LogP contribution in [0.15, 0.2) is 24.3 Å². The Balaban J connectivity index is 1.26. The smallest absolute Gasteiger partial charge is 0.407 e. The molecule has 1 aromatic carbocycles. The number of nitrogens with one attached hydrogen (secondary N) is 3. The molecule has 57 heavy (non-hydrogen) atoms. The number of aromatic nitrogens is 2. The Hall–Kier alpha value is -4.15. The summed E-state index contributed by atoms with van der Waals surface area (Å²) in [6.07, 6.45) is 5.12. The molecule has 3 aliphatic heterocycles. The molecule has 4 amide bonds. The van der Waals surface area contributed by atoms with Gasteiger partial charge in [-0.05, 0) is 68.4 Å². The molecule has 1 aromatic heterocycles. The van der Waals surface area contributed by atoms with Crippen molar-refractivity contribution in [2.45, 2.75) is 139 Å². The highest BCUT2D eigenvalue weighted by molar-refractivity contribution is 7.91. The SMILES string of the molecule is CC1(C)CCCCCC(F)(F)c2nc3ccccc3nc2O[C@H]2CN3CC2C(=O)N[C@]2(C(=O)NS(=O)(=O)C4CC4)C[C@H]2CCCCCCC[C@H](NC(=O)OC1)C3=O.